The summed E-state index contributed by atoms with van der Waals surface area (Å²) >= 11 is 0. The molecule has 2 rings (SSSR count). The van der Waals surface area contributed by atoms with E-state index < -0.39 is 0 Å². The molecule has 0 saturated heterocycles. The van der Waals surface area contributed by atoms with Gasteiger partial charge in [-0.05, 0) is 43.1 Å². The number of nitrogens with one attached hydrogen (secondary N) is 3. The Bertz CT molecular complexity index is 748. The van der Waals surface area contributed by atoms with Crippen LogP contribution in [0.1, 0.15) is 32.8 Å². The Balaban J connectivity index is 2.32. The molecule has 1 heterocycles. The quantitative estimate of drug-likeness (QED) is 0.401. The molecule has 0 aliphatic rings. The Morgan fingerprint density at radius 1 is 1.11 bits per heavy atom. The fraction of sp³-hybridized carbons (Fsp3) is 0.444. The monoisotopic (exact) mass is 374 g/mol. The number of aliphatic hydroxyl groups excluding tert-OH is 1. The predicted octanol–water partition coefficient (Wildman–Crippen LogP) is 3.20. The Kier molecular flexibility index (Phi) is 7.30. The molecule has 1 atom stereocenters. The van der Waals surface area contributed by atoms with Crippen LogP contribution in [0.15, 0.2) is 29.4 Å². The van der Waals surface area contributed by atoms with Gasteiger partial charge in [-0.1, -0.05) is 19.1 Å². The van der Waals surface area contributed by atoms with Gasteiger partial charge in [-0.25, -0.2) is 0 Å². The van der Waals surface area contributed by atoms with Gasteiger partial charge in [0.1, 0.15) is 5.75 Å². The van der Waals surface area contributed by atoms with E-state index in [0.29, 0.717) is 24.7 Å². The van der Waals surface area contributed by atoms with Gasteiger partial charge in [-0.2, -0.15) is 9.97 Å². The second-order valence-electron chi connectivity index (χ2n) is 6.44. The van der Waals surface area contributed by atoms with Crippen LogP contribution in [0.25, 0.3) is 0 Å². The lowest BCUT2D eigenvalue weighted by Crippen LogP contribution is -2.24. The van der Waals surface area contributed by atoms with E-state index in [2.05, 4.69) is 31.1 Å². The maximum Gasteiger partial charge on any atom is 0.227 e. The van der Waals surface area contributed by atoms with Gasteiger partial charge in [0.15, 0.2) is 17.3 Å². The zero-order valence-electron chi connectivity index (χ0n) is 15.7. The molecule has 0 fully saturated rings. The van der Waals surface area contributed by atoms with Crippen molar-refractivity contribution in [3.8, 4) is 5.75 Å². The molecule has 1 aromatic carbocycles. The smallest absolute Gasteiger partial charge is 0.227 e. The summed E-state index contributed by atoms with van der Waals surface area (Å²) in [6.07, 6.45) is 0.691. The van der Waals surface area contributed by atoms with E-state index in [4.69, 9.17) is 0 Å². The van der Waals surface area contributed by atoms with E-state index in [9.17, 15) is 15.1 Å². The zero-order chi connectivity index (χ0) is 19.8. The number of phenols is 1. The molecule has 0 bridgehead atoms. The molecule has 0 spiro atoms. The highest BCUT2D eigenvalue weighted by Crippen LogP contribution is 2.33. The number of hydrogen-bond acceptors (Lipinski definition) is 9. The molecule has 1 aromatic heterocycles. The second kappa shape index (κ2) is 9.67. The van der Waals surface area contributed by atoms with Crippen LogP contribution in [0, 0.1) is 4.91 Å². The molecular weight excluding hydrogens is 348 g/mol. The Morgan fingerprint density at radius 2 is 1.78 bits per heavy atom. The summed E-state index contributed by atoms with van der Waals surface area (Å²) in [5.74, 6) is 1.07. The molecular formula is C18H26N6O3. The summed E-state index contributed by atoms with van der Waals surface area (Å²) in [7, 11) is 0. The number of aromatic nitrogens is 2. The van der Waals surface area contributed by atoms with Crippen LogP contribution >= 0.6 is 0 Å². The highest BCUT2D eigenvalue weighted by molar-refractivity contribution is 5.75. The minimum atomic E-state index is -0.197. The minimum Gasteiger partial charge on any atom is -0.508 e. The molecule has 0 aliphatic carbocycles. The van der Waals surface area contributed by atoms with Crippen LogP contribution in [-0.2, 0) is 6.54 Å². The van der Waals surface area contributed by atoms with Crippen LogP contribution in [-0.4, -0.2) is 38.9 Å². The number of rotatable bonds is 10. The first-order valence-electron chi connectivity index (χ1n) is 8.87. The molecule has 27 heavy (non-hydrogen) atoms. The minimum absolute atomic E-state index is 0.0398. The average Bonchev–Trinajstić information content (AvgIpc) is 2.65. The van der Waals surface area contributed by atoms with Crippen molar-refractivity contribution in [3.63, 3.8) is 0 Å². The summed E-state index contributed by atoms with van der Waals surface area (Å²) in [4.78, 5) is 20.1. The largest absolute Gasteiger partial charge is 0.508 e. The van der Waals surface area contributed by atoms with Crippen LogP contribution in [0.4, 0.5) is 23.3 Å². The summed E-state index contributed by atoms with van der Waals surface area (Å²) in [5, 5.41) is 31.1. The van der Waals surface area contributed by atoms with Gasteiger partial charge >= 0.3 is 0 Å². The van der Waals surface area contributed by atoms with Crippen molar-refractivity contribution < 1.29 is 10.2 Å². The van der Waals surface area contributed by atoms with Crippen LogP contribution in [0.5, 0.6) is 5.75 Å². The number of anilines is 3. The molecule has 5 N–H and O–H groups in total. The number of nitrogens with zero attached hydrogens (tertiary/aromatic N) is 3. The average molecular weight is 374 g/mol. The standard InChI is InChI=1S/C18H26N6O3/c1-4-13(10-25)21-18-22-16(15(24-27)17(23-18)20-11(2)3)19-9-12-5-7-14(26)8-6-12/h5-8,11,13,25-26H,4,9-10H2,1-3H3,(H3,19,20,21,22,23)/t13-/m1/s1. The maximum absolute atomic E-state index is 11.4. The molecule has 0 unspecified atom stereocenters. The number of hydrogen-bond donors (Lipinski definition) is 5. The second-order valence-corrected chi connectivity index (χ2v) is 6.44. The van der Waals surface area contributed by atoms with E-state index in [1.807, 2.05) is 20.8 Å². The third-order valence-electron chi connectivity index (χ3n) is 3.84. The van der Waals surface area contributed by atoms with E-state index >= 15 is 0 Å². The molecule has 9 heteroatoms. The van der Waals surface area contributed by atoms with Crippen LogP contribution in [0.2, 0.25) is 0 Å². The van der Waals surface area contributed by atoms with Gasteiger partial charge < -0.3 is 26.2 Å². The molecule has 0 radical (unpaired) electrons. The van der Waals surface area contributed by atoms with Crippen molar-refractivity contribution in [2.24, 2.45) is 5.18 Å². The molecule has 9 nitrogen and oxygen atoms in total. The van der Waals surface area contributed by atoms with Gasteiger partial charge in [0.2, 0.25) is 5.95 Å². The molecule has 0 saturated carbocycles. The highest BCUT2D eigenvalue weighted by atomic mass is 16.3. The number of benzene rings is 1. The van der Waals surface area contributed by atoms with Crippen molar-refractivity contribution in [1.82, 2.24) is 9.97 Å². The lowest BCUT2D eigenvalue weighted by Gasteiger charge is -2.18. The van der Waals surface area contributed by atoms with Crippen molar-refractivity contribution in [1.29, 1.82) is 0 Å². The van der Waals surface area contributed by atoms with Crippen molar-refractivity contribution >= 4 is 23.3 Å². The summed E-state index contributed by atoms with van der Waals surface area (Å²) in [6, 6.07) is 6.55. The van der Waals surface area contributed by atoms with E-state index in [0.717, 1.165) is 5.56 Å². The summed E-state index contributed by atoms with van der Waals surface area (Å²) in [6.45, 7) is 6.12. The third-order valence-corrected chi connectivity index (χ3v) is 3.84. The van der Waals surface area contributed by atoms with Gasteiger partial charge in [0.05, 0.1) is 12.6 Å². The molecule has 0 amide bonds. The summed E-state index contributed by atoms with van der Waals surface area (Å²) < 4.78 is 0. The Hall–Kier alpha value is -2.94. The predicted molar refractivity (Wildman–Crippen MR) is 106 cm³/mol. The SMILES string of the molecule is CC[C@H](CO)Nc1nc(NCc2ccc(O)cc2)c(N=O)c(NC(C)C)n1. The molecule has 2 aromatic rings. The van der Waals surface area contributed by atoms with Crippen molar-refractivity contribution in [2.75, 3.05) is 22.6 Å². The first-order chi connectivity index (χ1) is 13.0. The maximum atomic E-state index is 11.4. The number of phenolic OH excluding ortho intramolecular Hbond substituents is 1. The van der Waals surface area contributed by atoms with Crippen molar-refractivity contribution in [3.05, 3.63) is 34.7 Å². The van der Waals surface area contributed by atoms with Gasteiger partial charge in [-0.15, -0.1) is 4.91 Å². The first kappa shape index (κ1) is 20.4. The molecule has 146 valence electrons. The van der Waals surface area contributed by atoms with Crippen LogP contribution < -0.4 is 16.0 Å². The highest BCUT2D eigenvalue weighted by Gasteiger charge is 2.18. The third kappa shape index (κ3) is 5.78. The fourth-order valence-electron chi connectivity index (χ4n) is 2.36. The lowest BCUT2D eigenvalue weighted by molar-refractivity contribution is 0.271. The first-order valence-corrected chi connectivity index (χ1v) is 8.87. The number of aliphatic hydroxyl groups is 1. The normalized spacial score (nSPS) is 11.9. The van der Waals surface area contributed by atoms with E-state index in [1.165, 1.54) is 0 Å². The molecule has 0 aliphatic heterocycles. The topological polar surface area (TPSA) is 132 Å². The zero-order valence-corrected chi connectivity index (χ0v) is 15.7. The van der Waals surface area contributed by atoms with Gasteiger partial charge in [0.25, 0.3) is 0 Å². The lowest BCUT2D eigenvalue weighted by atomic mass is 10.2. The Labute approximate surface area is 158 Å². The van der Waals surface area contributed by atoms with E-state index in [1.54, 1.807) is 24.3 Å². The number of nitroso groups, excluding NO2 is 1. The van der Waals surface area contributed by atoms with Crippen molar-refractivity contribution in [2.45, 2.75) is 45.8 Å². The fourth-order valence-corrected chi connectivity index (χ4v) is 2.36. The van der Waals surface area contributed by atoms with Gasteiger partial charge in [0, 0.05) is 12.6 Å². The van der Waals surface area contributed by atoms with E-state index in [-0.39, 0.29) is 35.9 Å². The Morgan fingerprint density at radius 3 is 2.33 bits per heavy atom. The van der Waals surface area contributed by atoms with Crippen LogP contribution in [0.3, 0.4) is 0 Å². The number of aromatic hydroxyl groups is 1. The summed E-state index contributed by atoms with van der Waals surface area (Å²) in [5.41, 5.74) is 0.989. The van der Waals surface area contributed by atoms with Gasteiger partial charge in [-0.3, -0.25) is 0 Å².